The Balaban J connectivity index is 2.88. The monoisotopic (exact) mass is 500 g/mol. The Morgan fingerprint density at radius 2 is 1.69 bits per heavy atom. The first-order valence-electron chi connectivity index (χ1n) is 11.3. The number of nitrogens with zero attached hydrogens (tertiary/aromatic N) is 1. The number of aliphatic hydroxyl groups excluding tert-OH is 1. The van der Waals surface area contributed by atoms with E-state index in [9.17, 15) is 34.2 Å². The summed E-state index contributed by atoms with van der Waals surface area (Å²) in [7, 11) is 0. The average Bonchev–Trinajstić information content (AvgIpc) is 3.30. The van der Waals surface area contributed by atoms with Crippen LogP contribution in [0.1, 0.15) is 45.4 Å². The highest BCUT2D eigenvalue weighted by Crippen LogP contribution is 2.07. The van der Waals surface area contributed by atoms with Gasteiger partial charge in [0.25, 0.3) is 0 Å². The molecule has 1 aliphatic rings. The molecule has 1 rings (SSSR count). The van der Waals surface area contributed by atoms with Crippen LogP contribution in [0.5, 0.6) is 0 Å². The van der Waals surface area contributed by atoms with Crippen molar-refractivity contribution >= 4 is 35.6 Å². The number of aliphatic imine (C=N–C) groups is 1. The van der Waals surface area contributed by atoms with Gasteiger partial charge in [-0.25, -0.2) is 4.79 Å². The van der Waals surface area contributed by atoms with E-state index in [1.165, 1.54) is 6.92 Å². The number of carbonyl (C=O) groups is 5. The van der Waals surface area contributed by atoms with Gasteiger partial charge in [-0.3, -0.25) is 24.2 Å². The number of aliphatic carboxylic acids is 1. The minimum absolute atomic E-state index is 0.00488. The summed E-state index contributed by atoms with van der Waals surface area (Å²) in [6.07, 6.45) is -0.203. The van der Waals surface area contributed by atoms with Crippen LogP contribution in [0, 0.1) is 0 Å². The lowest BCUT2D eigenvalue weighted by Crippen LogP contribution is -2.59. The maximum absolute atomic E-state index is 12.8. The quantitative estimate of drug-likeness (QED) is 0.0597. The van der Waals surface area contributed by atoms with Gasteiger partial charge >= 0.3 is 5.97 Å². The van der Waals surface area contributed by atoms with Crippen molar-refractivity contribution in [2.24, 2.45) is 22.2 Å². The van der Waals surface area contributed by atoms with Crippen LogP contribution >= 0.6 is 0 Å². The second-order valence-electron chi connectivity index (χ2n) is 8.29. The van der Waals surface area contributed by atoms with Crippen molar-refractivity contribution in [3.8, 4) is 0 Å². The number of carboxylic acid groups (broad SMARTS) is 1. The number of aliphatic hydroxyl groups is 1. The van der Waals surface area contributed by atoms with Gasteiger partial charge in [0, 0.05) is 13.0 Å². The van der Waals surface area contributed by atoms with Crippen molar-refractivity contribution in [1.29, 1.82) is 0 Å². The van der Waals surface area contributed by atoms with E-state index in [2.05, 4.69) is 26.3 Å². The van der Waals surface area contributed by atoms with Crippen LogP contribution < -0.4 is 38.5 Å². The zero-order chi connectivity index (χ0) is 26.5. The highest BCUT2D eigenvalue weighted by Gasteiger charge is 2.33. The number of hydrogen-bond donors (Lipinski definition) is 9. The maximum atomic E-state index is 12.8. The first-order chi connectivity index (χ1) is 16.4. The molecule has 1 aliphatic heterocycles. The summed E-state index contributed by atoms with van der Waals surface area (Å²) in [5, 5.41) is 29.6. The van der Waals surface area contributed by atoms with Gasteiger partial charge in [-0.1, -0.05) is 0 Å². The predicted molar refractivity (Wildman–Crippen MR) is 124 cm³/mol. The van der Waals surface area contributed by atoms with Crippen LogP contribution in [0.3, 0.4) is 0 Å². The number of rotatable bonds is 15. The number of nitrogens with two attached hydrogens (primary N) is 3. The van der Waals surface area contributed by atoms with Crippen LogP contribution in [-0.2, 0) is 24.0 Å². The molecule has 1 heterocycles. The lowest BCUT2D eigenvalue weighted by molar-refractivity contribution is -0.142. The Morgan fingerprint density at radius 3 is 2.20 bits per heavy atom. The number of guanidine groups is 1. The number of carboxylic acids is 1. The molecule has 5 unspecified atom stereocenters. The summed E-state index contributed by atoms with van der Waals surface area (Å²) < 4.78 is 0. The van der Waals surface area contributed by atoms with E-state index in [1.807, 2.05) is 0 Å². The molecule has 0 saturated carbocycles. The van der Waals surface area contributed by atoms with Crippen LogP contribution in [0.4, 0.5) is 0 Å². The Hall–Kier alpha value is -3.46. The number of hydrogen-bond acceptors (Lipinski definition) is 8. The molecule has 0 aromatic heterocycles. The molecule has 198 valence electrons. The summed E-state index contributed by atoms with van der Waals surface area (Å²) in [5.74, 6) is -4.44. The Labute approximate surface area is 202 Å². The third kappa shape index (κ3) is 11.0. The Kier molecular flexibility index (Phi) is 12.4. The van der Waals surface area contributed by atoms with E-state index in [-0.39, 0.29) is 38.2 Å². The Bertz CT molecular complexity index is 794. The van der Waals surface area contributed by atoms with Crippen LogP contribution in [-0.4, -0.2) is 89.1 Å². The summed E-state index contributed by atoms with van der Waals surface area (Å²) in [6, 6.07) is -4.56. The predicted octanol–water partition coefficient (Wildman–Crippen LogP) is -4.02. The van der Waals surface area contributed by atoms with Gasteiger partial charge in [0.05, 0.1) is 12.1 Å². The standard InChI is InChI=1S/C20H36N8O7/c1-10(29)15(28-16(31)11-4-2-8-24-11)18(33)26-12(6-7-14(21)30)17(32)27-13(19(34)35)5-3-9-25-20(22)23/h10-13,15,24,29H,2-9H2,1H3,(H2,21,30)(H,26,33)(H,27,32)(H,28,31)(H,34,35)(H4,22,23,25). The molecule has 0 radical (unpaired) electrons. The molecule has 35 heavy (non-hydrogen) atoms. The van der Waals surface area contributed by atoms with E-state index in [0.29, 0.717) is 13.0 Å². The second-order valence-corrected chi connectivity index (χ2v) is 8.29. The summed E-state index contributed by atoms with van der Waals surface area (Å²) in [5.41, 5.74) is 15.6. The van der Waals surface area contributed by atoms with Crippen molar-refractivity contribution in [2.75, 3.05) is 13.1 Å². The van der Waals surface area contributed by atoms with Gasteiger partial charge < -0.3 is 48.7 Å². The molecule has 0 bridgehead atoms. The smallest absolute Gasteiger partial charge is 0.326 e. The van der Waals surface area contributed by atoms with Crippen molar-refractivity contribution < 1.29 is 34.2 Å². The molecular weight excluding hydrogens is 464 g/mol. The molecule has 0 aromatic carbocycles. The highest BCUT2D eigenvalue weighted by atomic mass is 16.4. The molecule has 4 amide bonds. The van der Waals surface area contributed by atoms with Gasteiger partial charge in [0.1, 0.15) is 18.1 Å². The maximum Gasteiger partial charge on any atom is 0.326 e. The van der Waals surface area contributed by atoms with Crippen LogP contribution in [0.25, 0.3) is 0 Å². The second kappa shape index (κ2) is 14.7. The normalized spacial score (nSPS) is 18.4. The highest BCUT2D eigenvalue weighted by molar-refractivity contribution is 5.94. The lowest BCUT2D eigenvalue weighted by atomic mass is 10.1. The first kappa shape index (κ1) is 29.6. The summed E-state index contributed by atoms with van der Waals surface area (Å²) >= 11 is 0. The van der Waals surface area contributed by atoms with Gasteiger partial charge in [0.15, 0.2) is 5.96 Å². The Morgan fingerprint density at radius 1 is 1.03 bits per heavy atom. The van der Waals surface area contributed by atoms with Gasteiger partial charge in [-0.2, -0.15) is 0 Å². The molecule has 0 spiro atoms. The SMILES string of the molecule is CC(O)C(NC(=O)C1CCCN1)C(=O)NC(CCC(N)=O)C(=O)NC(CCCN=C(N)N)C(=O)O. The molecule has 1 fully saturated rings. The van der Waals surface area contributed by atoms with E-state index in [4.69, 9.17) is 17.2 Å². The van der Waals surface area contributed by atoms with Gasteiger partial charge in [-0.15, -0.1) is 0 Å². The molecule has 15 nitrogen and oxygen atoms in total. The number of primary amides is 1. The van der Waals surface area contributed by atoms with Crippen LogP contribution in [0.2, 0.25) is 0 Å². The largest absolute Gasteiger partial charge is 0.480 e. The third-order valence-electron chi connectivity index (χ3n) is 5.31. The topological polar surface area (TPSA) is 264 Å². The molecule has 12 N–H and O–H groups in total. The fraction of sp³-hybridized carbons (Fsp3) is 0.700. The molecule has 1 saturated heterocycles. The van der Waals surface area contributed by atoms with E-state index in [1.54, 1.807) is 0 Å². The average molecular weight is 501 g/mol. The molecule has 15 heteroatoms. The molecule has 0 aromatic rings. The van der Waals surface area contributed by atoms with Crippen molar-refractivity contribution in [2.45, 2.75) is 75.7 Å². The fourth-order valence-corrected chi connectivity index (χ4v) is 3.42. The minimum Gasteiger partial charge on any atom is -0.480 e. The van der Waals surface area contributed by atoms with Gasteiger partial charge in [0.2, 0.25) is 23.6 Å². The molecule has 0 aliphatic carbocycles. The van der Waals surface area contributed by atoms with Crippen molar-refractivity contribution in [1.82, 2.24) is 21.3 Å². The minimum atomic E-state index is -1.39. The first-order valence-corrected chi connectivity index (χ1v) is 11.3. The van der Waals surface area contributed by atoms with E-state index < -0.39 is 59.9 Å². The van der Waals surface area contributed by atoms with Crippen LogP contribution in [0.15, 0.2) is 4.99 Å². The lowest BCUT2D eigenvalue weighted by Gasteiger charge is -2.26. The summed E-state index contributed by atoms with van der Waals surface area (Å²) in [4.78, 5) is 64.6. The van der Waals surface area contributed by atoms with Gasteiger partial charge in [-0.05, 0) is 45.6 Å². The molecular formula is C20H36N8O7. The zero-order valence-electron chi connectivity index (χ0n) is 19.7. The fourth-order valence-electron chi connectivity index (χ4n) is 3.42. The van der Waals surface area contributed by atoms with Crippen molar-refractivity contribution in [3.05, 3.63) is 0 Å². The van der Waals surface area contributed by atoms with Crippen molar-refractivity contribution in [3.63, 3.8) is 0 Å². The van der Waals surface area contributed by atoms with E-state index in [0.717, 1.165) is 6.42 Å². The third-order valence-corrected chi connectivity index (χ3v) is 5.31. The number of amides is 4. The van der Waals surface area contributed by atoms with E-state index >= 15 is 0 Å². The number of carbonyl (C=O) groups excluding carboxylic acids is 4. The summed E-state index contributed by atoms with van der Waals surface area (Å²) in [6.45, 7) is 2.09. The molecule has 5 atom stereocenters. The number of nitrogens with one attached hydrogen (secondary N) is 4. The zero-order valence-corrected chi connectivity index (χ0v) is 19.7.